The van der Waals surface area contributed by atoms with Crippen LogP contribution in [-0.2, 0) is 4.79 Å². The normalized spacial score (nSPS) is 21.2. The minimum atomic E-state index is 0.0937. The van der Waals surface area contributed by atoms with Crippen LogP contribution in [0.4, 0.5) is 10.8 Å². The van der Waals surface area contributed by atoms with Gasteiger partial charge in [-0.1, -0.05) is 0 Å². The van der Waals surface area contributed by atoms with Crippen LogP contribution in [-0.4, -0.2) is 29.9 Å². The Balaban J connectivity index is 1.89. The van der Waals surface area contributed by atoms with E-state index in [1.807, 2.05) is 0 Å². The summed E-state index contributed by atoms with van der Waals surface area (Å²) in [6.07, 6.45) is 3.39. The quantitative estimate of drug-likeness (QED) is 0.821. The van der Waals surface area contributed by atoms with Gasteiger partial charge in [0.15, 0.2) is 0 Å². The lowest BCUT2D eigenvalue weighted by molar-refractivity contribution is -0.119. The highest BCUT2D eigenvalue weighted by atomic mass is 32.1. The molecule has 2 aliphatic rings. The molecule has 2 heterocycles. The first kappa shape index (κ1) is 10.8. The standard InChI is InChI=1S/C11H16N4OS/c12-10-9(7-2-3-7)11(17-14-10)15-5-1-4-13-8(16)6-15/h7H,1-6H2,(H2,12,14)(H,13,16). The molecule has 0 atom stereocenters. The highest BCUT2D eigenvalue weighted by Crippen LogP contribution is 2.48. The molecule has 3 rings (SSSR count). The van der Waals surface area contributed by atoms with E-state index in [2.05, 4.69) is 14.6 Å². The van der Waals surface area contributed by atoms with Gasteiger partial charge >= 0.3 is 0 Å². The van der Waals surface area contributed by atoms with E-state index in [1.165, 1.54) is 29.9 Å². The molecule has 0 bridgehead atoms. The minimum Gasteiger partial charge on any atom is -0.383 e. The third kappa shape index (κ3) is 2.09. The van der Waals surface area contributed by atoms with Crippen molar-refractivity contribution in [3.8, 4) is 0 Å². The lowest BCUT2D eigenvalue weighted by atomic mass is 10.2. The van der Waals surface area contributed by atoms with Crippen molar-refractivity contribution < 1.29 is 4.79 Å². The summed E-state index contributed by atoms with van der Waals surface area (Å²) in [5, 5.41) is 4.00. The van der Waals surface area contributed by atoms with Crippen LogP contribution in [0, 0.1) is 0 Å². The van der Waals surface area contributed by atoms with E-state index >= 15 is 0 Å². The molecule has 1 aliphatic heterocycles. The van der Waals surface area contributed by atoms with Crippen molar-refractivity contribution in [2.75, 3.05) is 30.3 Å². The fraction of sp³-hybridized carbons (Fsp3) is 0.636. The van der Waals surface area contributed by atoms with Crippen LogP contribution in [0.25, 0.3) is 0 Å². The summed E-state index contributed by atoms with van der Waals surface area (Å²) in [5.74, 6) is 1.34. The van der Waals surface area contributed by atoms with E-state index in [0.29, 0.717) is 18.3 Å². The van der Waals surface area contributed by atoms with Crippen molar-refractivity contribution in [1.82, 2.24) is 9.69 Å². The highest BCUT2D eigenvalue weighted by molar-refractivity contribution is 7.10. The molecule has 1 amide bonds. The number of amides is 1. The second-order valence-electron chi connectivity index (χ2n) is 4.69. The third-order valence-electron chi connectivity index (χ3n) is 3.27. The van der Waals surface area contributed by atoms with Gasteiger partial charge in [-0.05, 0) is 36.7 Å². The number of aromatic nitrogens is 1. The summed E-state index contributed by atoms with van der Waals surface area (Å²) < 4.78 is 4.25. The van der Waals surface area contributed by atoms with E-state index in [9.17, 15) is 4.79 Å². The predicted octanol–water partition coefficient (Wildman–Crippen LogP) is 0.929. The zero-order chi connectivity index (χ0) is 11.8. The maximum Gasteiger partial charge on any atom is 0.239 e. The van der Waals surface area contributed by atoms with Gasteiger partial charge in [0.2, 0.25) is 5.91 Å². The van der Waals surface area contributed by atoms with E-state index in [1.54, 1.807) is 0 Å². The molecule has 1 aromatic heterocycles. The number of carbonyl (C=O) groups is 1. The SMILES string of the molecule is Nc1nsc(N2CCCNC(=O)C2)c1C1CC1. The second kappa shape index (κ2) is 4.18. The number of nitrogens with zero attached hydrogens (tertiary/aromatic N) is 2. The number of rotatable bonds is 2. The Bertz CT molecular complexity index is 441. The molecule has 1 aromatic rings. The molecule has 2 fully saturated rings. The summed E-state index contributed by atoms with van der Waals surface area (Å²) in [6, 6.07) is 0. The topological polar surface area (TPSA) is 71.2 Å². The molecule has 92 valence electrons. The van der Waals surface area contributed by atoms with Gasteiger partial charge in [0.05, 0.1) is 6.54 Å². The van der Waals surface area contributed by atoms with E-state index < -0.39 is 0 Å². The summed E-state index contributed by atoms with van der Waals surface area (Å²) in [5.41, 5.74) is 7.12. The number of nitrogen functional groups attached to an aromatic ring is 1. The zero-order valence-electron chi connectivity index (χ0n) is 9.61. The van der Waals surface area contributed by atoms with Gasteiger partial charge in [-0.25, -0.2) is 0 Å². The number of hydrogen-bond acceptors (Lipinski definition) is 5. The van der Waals surface area contributed by atoms with Crippen molar-refractivity contribution in [2.45, 2.75) is 25.2 Å². The first-order chi connectivity index (χ1) is 8.25. The minimum absolute atomic E-state index is 0.0937. The molecule has 0 radical (unpaired) electrons. The molecular formula is C11H16N4OS. The van der Waals surface area contributed by atoms with E-state index in [-0.39, 0.29) is 5.91 Å². The van der Waals surface area contributed by atoms with Crippen LogP contribution in [0.3, 0.4) is 0 Å². The van der Waals surface area contributed by atoms with Crippen molar-refractivity contribution in [3.63, 3.8) is 0 Å². The fourth-order valence-corrected chi connectivity index (χ4v) is 3.19. The largest absolute Gasteiger partial charge is 0.383 e. The molecule has 3 N–H and O–H groups in total. The van der Waals surface area contributed by atoms with E-state index in [4.69, 9.17) is 5.73 Å². The van der Waals surface area contributed by atoms with Gasteiger partial charge in [0, 0.05) is 18.7 Å². The van der Waals surface area contributed by atoms with Crippen molar-refractivity contribution in [2.24, 2.45) is 0 Å². The number of hydrogen-bond donors (Lipinski definition) is 2. The van der Waals surface area contributed by atoms with Gasteiger partial charge in [-0.2, -0.15) is 4.37 Å². The summed E-state index contributed by atoms with van der Waals surface area (Å²) in [6.45, 7) is 2.10. The van der Waals surface area contributed by atoms with Crippen LogP contribution in [0.15, 0.2) is 0 Å². The first-order valence-corrected chi connectivity index (χ1v) is 6.79. The first-order valence-electron chi connectivity index (χ1n) is 6.02. The number of nitrogens with one attached hydrogen (secondary N) is 1. The molecule has 0 aromatic carbocycles. The summed E-state index contributed by atoms with van der Waals surface area (Å²) in [7, 11) is 0. The molecular weight excluding hydrogens is 236 g/mol. The molecule has 5 nitrogen and oxygen atoms in total. The van der Waals surface area contributed by atoms with Gasteiger partial charge in [0.25, 0.3) is 0 Å². The van der Waals surface area contributed by atoms with Crippen LogP contribution < -0.4 is 16.0 Å². The highest BCUT2D eigenvalue weighted by Gasteiger charge is 2.32. The molecule has 1 saturated carbocycles. The lowest BCUT2D eigenvalue weighted by Gasteiger charge is -2.20. The Morgan fingerprint density at radius 3 is 3.06 bits per heavy atom. The smallest absolute Gasteiger partial charge is 0.239 e. The van der Waals surface area contributed by atoms with Crippen LogP contribution in [0.5, 0.6) is 0 Å². The molecule has 17 heavy (non-hydrogen) atoms. The predicted molar refractivity (Wildman–Crippen MR) is 68.3 cm³/mol. The third-order valence-corrected chi connectivity index (χ3v) is 4.21. The summed E-state index contributed by atoms with van der Waals surface area (Å²) >= 11 is 1.43. The Labute approximate surface area is 104 Å². The van der Waals surface area contributed by atoms with E-state index in [0.717, 1.165) is 24.5 Å². The maximum absolute atomic E-state index is 11.6. The van der Waals surface area contributed by atoms with Gasteiger partial charge in [-0.3, -0.25) is 4.79 Å². The molecule has 1 aliphatic carbocycles. The zero-order valence-corrected chi connectivity index (χ0v) is 10.4. The average Bonchev–Trinajstić information content (AvgIpc) is 3.08. The second-order valence-corrected chi connectivity index (χ2v) is 5.44. The lowest BCUT2D eigenvalue weighted by Crippen LogP contribution is -2.33. The Kier molecular flexibility index (Phi) is 2.66. The van der Waals surface area contributed by atoms with Gasteiger partial charge < -0.3 is 16.0 Å². The van der Waals surface area contributed by atoms with Crippen LogP contribution in [0.1, 0.15) is 30.7 Å². The van der Waals surface area contributed by atoms with Crippen LogP contribution >= 0.6 is 11.5 Å². The molecule has 1 saturated heterocycles. The molecule has 6 heteroatoms. The number of carbonyl (C=O) groups excluding carboxylic acids is 1. The van der Waals surface area contributed by atoms with Crippen molar-refractivity contribution in [3.05, 3.63) is 5.56 Å². The molecule has 0 unspecified atom stereocenters. The number of anilines is 2. The van der Waals surface area contributed by atoms with Crippen molar-refractivity contribution >= 4 is 28.3 Å². The average molecular weight is 252 g/mol. The summed E-state index contributed by atoms with van der Waals surface area (Å²) in [4.78, 5) is 13.7. The Morgan fingerprint density at radius 1 is 1.47 bits per heavy atom. The number of nitrogens with two attached hydrogens (primary N) is 1. The Morgan fingerprint density at radius 2 is 2.29 bits per heavy atom. The van der Waals surface area contributed by atoms with Gasteiger partial charge in [0.1, 0.15) is 10.8 Å². The maximum atomic E-state index is 11.6. The Hall–Kier alpha value is -1.30. The van der Waals surface area contributed by atoms with Gasteiger partial charge in [-0.15, -0.1) is 0 Å². The van der Waals surface area contributed by atoms with Crippen molar-refractivity contribution in [1.29, 1.82) is 0 Å². The monoisotopic (exact) mass is 252 g/mol. The fourth-order valence-electron chi connectivity index (χ4n) is 2.26. The molecule has 0 spiro atoms. The van der Waals surface area contributed by atoms with Crippen LogP contribution in [0.2, 0.25) is 0 Å².